The van der Waals surface area contributed by atoms with Gasteiger partial charge in [-0.25, -0.2) is 0 Å². The van der Waals surface area contributed by atoms with Crippen molar-refractivity contribution < 1.29 is 9.90 Å². The van der Waals surface area contributed by atoms with Crippen LogP contribution in [0.2, 0.25) is 0 Å². The quantitative estimate of drug-likeness (QED) is 0.793. The topological polar surface area (TPSA) is 40.5 Å². The Kier molecular flexibility index (Phi) is 2.66. The van der Waals surface area contributed by atoms with E-state index in [1.54, 1.807) is 0 Å². The fraction of sp³-hybridized carbons (Fsp3) is 0.923. The highest BCUT2D eigenvalue weighted by atomic mass is 16.4. The van der Waals surface area contributed by atoms with Gasteiger partial charge in [0.1, 0.15) is 0 Å². The molecule has 3 nitrogen and oxygen atoms in total. The van der Waals surface area contributed by atoms with Crippen LogP contribution in [0.4, 0.5) is 0 Å². The standard InChI is InChI=1S/C13H21NO2/c15-13(16)7-10-5-11-3-4-12(6-10)14(11)8-9-1-2-9/h9-12H,1-8H2,(H,15,16). The van der Waals surface area contributed by atoms with E-state index in [0.29, 0.717) is 24.4 Å². The van der Waals surface area contributed by atoms with Crippen LogP contribution in [0, 0.1) is 11.8 Å². The van der Waals surface area contributed by atoms with E-state index >= 15 is 0 Å². The smallest absolute Gasteiger partial charge is 0.303 e. The largest absolute Gasteiger partial charge is 0.481 e. The Morgan fingerprint density at radius 2 is 1.69 bits per heavy atom. The number of fused-ring (bicyclic) bond motifs is 2. The van der Waals surface area contributed by atoms with E-state index in [9.17, 15) is 4.79 Å². The summed E-state index contributed by atoms with van der Waals surface area (Å²) in [5.74, 6) is 0.810. The minimum atomic E-state index is -0.611. The van der Waals surface area contributed by atoms with Gasteiger partial charge in [0.15, 0.2) is 0 Å². The second-order valence-electron chi connectivity index (χ2n) is 5.96. The van der Waals surface area contributed by atoms with Crippen LogP contribution in [-0.4, -0.2) is 34.6 Å². The molecular formula is C13H21NO2. The molecule has 2 unspecified atom stereocenters. The number of hydrogen-bond donors (Lipinski definition) is 1. The molecule has 2 aliphatic heterocycles. The lowest BCUT2D eigenvalue weighted by atomic mass is 9.88. The Bertz CT molecular complexity index is 274. The van der Waals surface area contributed by atoms with Crippen LogP contribution in [0.15, 0.2) is 0 Å². The van der Waals surface area contributed by atoms with Crippen LogP contribution in [0.25, 0.3) is 0 Å². The van der Waals surface area contributed by atoms with Crippen molar-refractivity contribution in [3.8, 4) is 0 Å². The third-order valence-corrected chi connectivity index (χ3v) is 4.61. The molecule has 2 saturated heterocycles. The summed E-state index contributed by atoms with van der Waals surface area (Å²) in [6.45, 7) is 1.30. The zero-order valence-electron chi connectivity index (χ0n) is 9.77. The Balaban J connectivity index is 1.59. The lowest BCUT2D eigenvalue weighted by Crippen LogP contribution is -2.44. The normalized spacial score (nSPS) is 38.9. The second kappa shape index (κ2) is 4.02. The van der Waals surface area contributed by atoms with E-state index < -0.39 is 5.97 Å². The second-order valence-corrected chi connectivity index (χ2v) is 5.96. The number of carboxylic acid groups (broad SMARTS) is 1. The molecule has 1 aliphatic carbocycles. The molecule has 2 heterocycles. The highest BCUT2D eigenvalue weighted by molar-refractivity contribution is 5.67. The third-order valence-electron chi connectivity index (χ3n) is 4.61. The van der Waals surface area contributed by atoms with Gasteiger partial charge in [0.2, 0.25) is 0 Å². The average molecular weight is 223 g/mol. The molecule has 0 aromatic heterocycles. The van der Waals surface area contributed by atoms with E-state index in [-0.39, 0.29) is 0 Å². The first-order valence-electron chi connectivity index (χ1n) is 6.70. The predicted molar refractivity (Wildman–Crippen MR) is 61.2 cm³/mol. The zero-order chi connectivity index (χ0) is 11.1. The third kappa shape index (κ3) is 2.10. The van der Waals surface area contributed by atoms with Gasteiger partial charge in [-0.15, -0.1) is 0 Å². The van der Waals surface area contributed by atoms with Gasteiger partial charge in [-0.2, -0.15) is 0 Å². The number of carboxylic acids is 1. The first-order chi connectivity index (χ1) is 7.72. The fourth-order valence-electron chi connectivity index (χ4n) is 3.70. The number of carbonyl (C=O) groups is 1. The van der Waals surface area contributed by atoms with E-state index in [4.69, 9.17) is 5.11 Å². The van der Waals surface area contributed by atoms with Gasteiger partial charge in [-0.3, -0.25) is 9.69 Å². The Morgan fingerprint density at radius 3 is 2.19 bits per heavy atom. The summed E-state index contributed by atoms with van der Waals surface area (Å²) < 4.78 is 0. The summed E-state index contributed by atoms with van der Waals surface area (Å²) in [5, 5.41) is 8.87. The maximum atomic E-state index is 10.8. The van der Waals surface area contributed by atoms with Gasteiger partial charge < -0.3 is 5.11 Å². The van der Waals surface area contributed by atoms with Gasteiger partial charge in [0.05, 0.1) is 0 Å². The minimum Gasteiger partial charge on any atom is -0.481 e. The molecule has 3 fully saturated rings. The van der Waals surface area contributed by atoms with Gasteiger partial charge >= 0.3 is 5.97 Å². The molecule has 16 heavy (non-hydrogen) atoms. The molecule has 0 radical (unpaired) electrons. The molecule has 2 atom stereocenters. The van der Waals surface area contributed by atoms with Crippen molar-refractivity contribution in [3.63, 3.8) is 0 Å². The van der Waals surface area contributed by atoms with Crippen LogP contribution < -0.4 is 0 Å². The van der Waals surface area contributed by atoms with E-state index in [2.05, 4.69) is 4.90 Å². The molecule has 90 valence electrons. The molecule has 0 aromatic carbocycles. The number of aliphatic carboxylic acids is 1. The van der Waals surface area contributed by atoms with Crippen LogP contribution in [-0.2, 0) is 4.79 Å². The van der Waals surface area contributed by atoms with Crippen LogP contribution >= 0.6 is 0 Å². The van der Waals surface area contributed by atoms with E-state index in [1.165, 1.54) is 32.2 Å². The molecule has 1 saturated carbocycles. The molecule has 0 amide bonds. The van der Waals surface area contributed by atoms with Gasteiger partial charge in [-0.1, -0.05) is 0 Å². The van der Waals surface area contributed by atoms with Crippen molar-refractivity contribution in [2.45, 2.75) is 57.0 Å². The highest BCUT2D eigenvalue weighted by Crippen LogP contribution is 2.42. The minimum absolute atomic E-state index is 0.393. The van der Waals surface area contributed by atoms with Crippen molar-refractivity contribution in [1.82, 2.24) is 4.90 Å². The van der Waals surface area contributed by atoms with Crippen LogP contribution in [0.5, 0.6) is 0 Å². The number of hydrogen-bond acceptors (Lipinski definition) is 2. The first kappa shape index (κ1) is 10.6. The van der Waals surface area contributed by atoms with Gasteiger partial charge in [0, 0.05) is 25.0 Å². The average Bonchev–Trinajstić information content (AvgIpc) is 2.96. The van der Waals surface area contributed by atoms with Crippen molar-refractivity contribution in [3.05, 3.63) is 0 Å². The maximum Gasteiger partial charge on any atom is 0.303 e. The lowest BCUT2D eigenvalue weighted by Gasteiger charge is -2.38. The highest BCUT2D eigenvalue weighted by Gasteiger charge is 2.42. The maximum absolute atomic E-state index is 10.8. The van der Waals surface area contributed by atoms with Crippen molar-refractivity contribution in [2.24, 2.45) is 11.8 Å². The Labute approximate surface area is 96.8 Å². The summed E-state index contributed by atoms with van der Waals surface area (Å²) >= 11 is 0. The summed E-state index contributed by atoms with van der Waals surface area (Å²) in [5.41, 5.74) is 0. The molecule has 3 aliphatic rings. The van der Waals surface area contributed by atoms with Gasteiger partial charge in [-0.05, 0) is 50.4 Å². The summed E-state index contributed by atoms with van der Waals surface area (Å²) in [4.78, 5) is 13.5. The molecule has 1 N–H and O–H groups in total. The number of rotatable bonds is 4. The van der Waals surface area contributed by atoms with E-state index in [1.807, 2.05) is 0 Å². The summed E-state index contributed by atoms with van der Waals surface area (Å²) in [7, 11) is 0. The van der Waals surface area contributed by atoms with Gasteiger partial charge in [0.25, 0.3) is 0 Å². The fourth-order valence-corrected chi connectivity index (χ4v) is 3.70. The Hall–Kier alpha value is -0.570. The van der Waals surface area contributed by atoms with Crippen LogP contribution in [0.1, 0.15) is 44.9 Å². The summed E-state index contributed by atoms with van der Waals surface area (Å²) in [6, 6.07) is 1.42. The number of piperidine rings is 1. The molecular weight excluding hydrogens is 202 g/mol. The van der Waals surface area contributed by atoms with E-state index in [0.717, 1.165) is 18.8 Å². The van der Waals surface area contributed by atoms with Crippen molar-refractivity contribution >= 4 is 5.97 Å². The predicted octanol–water partition coefficient (Wildman–Crippen LogP) is 2.11. The molecule has 2 bridgehead atoms. The zero-order valence-corrected chi connectivity index (χ0v) is 9.77. The SMILES string of the molecule is O=C(O)CC1CC2CCC(C1)N2CC1CC1. The molecule has 3 rings (SSSR count). The molecule has 0 spiro atoms. The summed E-state index contributed by atoms with van der Waals surface area (Å²) in [6.07, 6.45) is 8.14. The van der Waals surface area contributed by atoms with Crippen molar-refractivity contribution in [2.75, 3.05) is 6.54 Å². The van der Waals surface area contributed by atoms with Crippen molar-refractivity contribution in [1.29, 1.82) is 0 Å². The Morgan fingerprint density at radius 1 is 1.06 bits per heavy atom. The molecule has 3 heteroatoms. The lowest BCUT2D eigenvalue weighted by molar-refractivity contribution is -0.138. The van der Waals surface area contributed by atoms with Crippen LogP contribution in [0.3, 0.4) is 0 Å². The monoisotopic (exact) mass is 223 g/mol. The first-order valence-corrected chi connectivity index (χ1v) is 6.70. The number of nitrogens with zero attached hydrogens (tertiary/aromatic N) is 1. The molecule has 0 aromatic rings.